The van der Waals surface area contributed by atoms with E-state index < -0.39 is 17.6 Å². The predicted molar refractivity (Wildman–Crippen MR) is 81.6 cm³/mol. The zero-order valence-electron chi connectivity index (χ0n) is 12.4. The van der Waals surface area contributed by atoms with Crippen molar-refractivity contribution in [3.63, 3.8) is 0 Å². The Labute approximate surface area is 132 Å². The molecule has 1 fully saturated rings. The molecule has 0 heterocycles. The summed E-state index contributed by atoms with van der Waals surface area (Å²) in [6.45, 7) is 0. The van der Waals surface area contributed by atoms with Crippen molar-refractivity contribution in [3.8, 4) is 16.9 Å². The Bertz CT molecular complexity index is 737. The Balaban J connectivity index is 2.04. The van der Waals surface area contributed by atoms with Gasteiger partial charge < -0.3 is 9.84 Å². The molecule has 0 amide bonds. The van der Waals surface area contributed by atoms with Gasteiger partial charge in [-0.1, -0.05) is 6.07 Å². The van der Waals surface area contributed by atoms with Crippen LogP contribution >= 0.6 is 0 Å². The summed E-state index contributed by atoms with van der Waals surface area (Å²) in [5.74, 6) is -2.51. The maximum Gasteiger partial charge on any atom is 0.335 e. The summed E-state index contributed by atoms with van der Waals surface area (Å²) in [5.41, 5.74) is 0.916. The highest BCUT2D eigenvalue weighted by Gasteiger charge is 2.20. The second-order valence-electron chi connectivity index (χ2n) is 5.67. The maximum absolute atomic E-state index is 13.5. The summed E-state index contributed by atoms with van der Waals surface area (Å²) < 4.78 is 32.6. The molecular weight excluding hydrogens is 302 g/mol. The number of carboxylic acid groups (broad SMARTS) is 1. The lowest BCUT2D eigenvalue weighted by molar-refractivity contribution is 0.0697. The number of carboxylic acids is 1. The molecule has 0 unspecified atom stereocenters. The molecule has 1 N–H and O–H groups in total. The lowest BCUT2D eigenvalue weighted by Crippen LogP contribution is -2.12. The first-order valence-corrected chi connectivity index (χ1v) is 7.54. The molecule has 0 aliphatic heterocycles. The van der Waals surface area contributed by atoms with Crippen LogP contribution in [0.1, 0.15) is 36.0 Å². The van der Waals surface area contributed by atoms with Crippen molar-refractivity contribution >= 4 is 5.97 Å². The van der Waals surface area contributed by atoms with Crippen LogP contribution in [-0.2, 0) is 0 Å². The summed E-state index contributed by atoms with van der Waals surface area (Å²) in [7, 11) is 0. The predicted octanol–water partition coefficient (Wildman–Crippen LogP) is 4.65. The number of carbonyl (C=O) groups is 1. The highest BCUT2D eigenvalue weighted by Crippen LogP contribution is 2.34. The van der Waals surface area contributed by atoms with Crippen molar-refractivity contribution in [1.29, 1.82) is 0 Å². The van der Waals surface area contributed by atoms with Crippen LogP contribution in [0.3, 0.4) is 0 Å². The number of halogens is 2. The standard InChI is InChI=1S/C18H16F2O3/c19-15-7-5-11(10-16(15)20)14-9-12(18(21)22)6-8-17(14)23-13-3-1-2-4-13/h5-10,13H,1-4H2,(H,21,22). The smallest absolute Gasteiger partial charge is 0.335 e. The minimum Gasteiger partial charge on any atom is -0.490 e. The quantitative estimate of drug-likeness (QED) is 0.892. The fraction of sp³-hybridized carbons (Fsp3) is 0.278. The number of aromatic carboxylic acids is 1. The minimum absolute atomic E-state index is 0.0727. The van der Waals surface area contributed by atoms with E-state index in [9.17, 15) is 13.6 Å². The third kappa shape index (κ3) is 3.33. The summed E-state index contributed by atoms with van der Waals surface area (Å²) >= 11 is 0. The van der Waals surface area contributed by atoms with Crippen LogP contribution in [0.25, 0.3) is 11.1 Å². The number of rotatable bonds is 4. The van der Waals surface area contributed by atoms with E-state index in [1.807, 2.05) is 0 Å². The van der Waals surface area contributed by atoms with E-state index in [-0.39, 0.29) is 11.7 Å². The zero-order valence-corrected chi connectivity index (χ0v) is 12.4. The summed E-state index contributed by atoms with van der Waals surface area (Å²) in [6.07, 6.45) is 4.15. The van der Waals surface area contributed by atoms with Gasteiger partial charge in [0.1, 0.15) is 5.75 Å². The fourth-order valence-corrected chi connectivity index (χ4v) is 2.84. The Kier molecular flexibility index (Phi) is 4.28. The van der Waals surface area contributed by atoms with Crippen molar-refractivity contribution in [2.24, 2.45) is 0 Å². The van der Waals surface area contributed by atoms with Crippen LogP contribution in [0.5, 0.6) is 5.75 Å². The molecule has 0 radical (unpaired) electrons. The van der Waals surface area contributed by atoms with E-state index in [1.165, 1.54) is 18.2 Å². The highest BCUT2D eigenvalue weighted by molar-refractivity contribution is 5.90. The summed E-state index contributed by atoms with van der Waals surface area (Å²) in [6, 6.07) is 7.96. The third-order valence-electron chi connectivity index (χ3n) is 4.05. The molecule has 0 aromatic heterocycles. The van der Waals surface area contributed by atoms with Crippen LogP contribution < -0.4 is 4.74 Å². The van der Waals surface area contributed by atoms with Crippen LogP contribution in [-0.4, -0.2) is 17.2 Å². The van der Waals surface area contributed by atoms with Crippen LogP contribution in [0, 0.1) is 11.6 Å². The molecule has 3 rings (SSSR count). The Hall–Kier alpha value is -2.43. The van der Waals surface area contributed by atoms with E-state index in [4.69, 9.17) is 9.84 Å². The van der Waals surface area contributed by atoms with Crippen molar-refractivity contribution in [2.45, 2.75) is 31.8 Å². The molecule has 23 heavy (non-hydrogen) atoms. The van der Waals surface area contributed by atoms with Crippen molar-refractivity contribution in [2.75, 3.05) is 0 Å². The third-order valence-corrected chi connectivity index (χ3v) is 4.05. The summed E-state index contributed by atoms with van der Waals surface area (Å²) in [4.78, 5) is 11.2. The Morgan fingerprint density at radius 3 is 2.43 bits per heavy atom. The largest absolute Gasteiger partial charge is 0.490 e. The number of ether oxygens (including phenoxy) is 1. The summed E-state index contributed by atoms with van der Waals surface area (Å²) in [5, 5.41) is 9.16. The van der Waals surface area contributed by atoms with Crippen LogP contribution in [0.15, 0.2) is 36.4 Å². The number of hydrogen-bond donors (Lipinski definition) is 1. The van der Waals surface area contributed by atoms with Gasteiger partial charge in [-0.3, -0.25) is 0 Å². The Morgan fingerprint density at radius 1 is 1.04 bits per heavy atom. The van der Waals surface area contributed by atoms with Crippen molar-refractivity contribution < 1.29 is 23.4 Å². The van der Waals surface area contributed by atoms with E-state index >= 15 is 0 Å². The van der Waals surface area contributed by atoms with Gasteiger partial charge in [0.2, 0.25) is 0 Å². The molecule has 1 aliphatic rings. The van der Waals surface area contributed by atoms with Crippen molar-refractivity contribution in [1.82, 2.24) is 0 Å². The second-order valence-corrected chi connectivity index (χ2v) is 5.67. The van der Waals surface area contributed by atoms with E-state index in [0.29, 0.717) is 16.9 Å². The molecule has 2 aromatic rings. The lowest BCUT2D eigenvalue weighted by Gasteiger charge is -2.17. The average Bonchev–Trinajstić information content (AvgIpc) is 3.03. The molecule has 1 aliphatic carbocycles. The highest BCUT2D eigenvalue weighted by atomic mass is 19.2. The van der Waals surface area contributed by atoms with Crippen LogP contribution in [0.4, 0.5) is 8.78 Å². The van der Waals surface area contributed by atoms with E-state index in [2.05, 4.69) is 0 Å². The first kappa shape index (κ1) is 15.5. The van der Waals surface area contributed by atoms with Gasteiger partial charge in [-0.05, 0) is 61.6 Å². The van der Waals surface area contributed by atoms with Gasteiger partial charge in [-0.15, -0.1) is 0 Å². The minimum atomic E-state index is -1.08. The lowest BCUT2D eigenvalue weighted by atomic mass is 10.0. The van der Waals surface area contributed by atoms with Gasteiger partial charge in [0.15, 0.2) is 11.6 Å². The van der Waals surface area contributed by atoms with Gasteiger partial charge in [-0.2, -0.15) is 0 Å². The number of hydrogen-bond acceptors (Lipinski definition) is 2. The van der Waals surface area contributed by atoms with Gasteiger partial charge in [0.05, 0.1) is 11.7 Å². The van der Waals surface area contributed by atoms with Crippen LogP contribution in [0.2, 0.25) is 0 Å². The normalized spacial score (nSPS) is 14.9. The average molecular weight is 318 g/mol. The maximum atomic E-state index is 13.5. The fourth-order valence-electron chi connectivity index (χ4n) is 2.84. The monoisotopic (exact) mass is 318 g/mol. The van der Waals surface area contributed by atoms with Gasteiger partial charge >= 0.3 is 5.97 Å². The molecule has 3 nitrogen and oxygen atoms in total. The van der Waals surface area contributed by atoms with Crippen molar-refractivity contribution in [3.05, 3.63) is 53.6 Å². The molecule has 120 valence electrons. The molecule has 0 atom stereocenters. The molecule has 0 spiro atoms. The Morgan fingerprint density at radius 2 is 1.78 bits per heavy atom. The molecule has 0 bridgehead atoms. The first-order chi connectivity index (χ1) is 11.0. The molecule has 0 saturated heterocycles. The molecule has 1 saturated carbocycles. The zero-order chi connectivity index (χ0) is 16.4. The topological polar surface area (TPSA) is 46.5 Å². The molecular formula is C18H16F2O3. The van der Waals surface area contributed by atoms with Gasteiger partial charge in [0, 0.05) is 5.56 Å². The first-order valence-electron chi connectivity index (χ1n) is 7.54. The molecule has 5 heteroatoms. The number of benzene rings is 2. The second kappa shape index (κ2) is 6.36. The van der Waals surface area contributed by atoms with Gasteiger partial charge in [-0.25, -0.2) is 13.6 Å². The van der Waals surface area contributed by atoms with E-state index in [0.717, 1.165) is 37.8 Å². The SMILES string of the molecule is O=C(O)c1ccc(OC2CCCC2)c(-c2ccc(F)c(F)c2)c1. The van der Waals surface area contributed by atoms with E-state index in [1.54, 1.807) is 6.07 Å². The van der Waals surface area contributed by atoms with Gasteiger partial charge in [0.25, 0.3) is 0 Å². The molecule has 2 aromatic carbocycles.